The molecule has 4 nitrogen and oxygen atoms in total. The van der Waals surface area contributed by atoms with E-state index >= 15 is 0 Å². The van der Waals surface area contributed by atoms with Crippen LogP contribution in [-0.4, -0.2) is 53.7 Å². The summed E-state index contributed by atoms with van der Waals surface area (Å²) < 4.78 is 11.7. The molecule has 2 unspecified atom stereocenters. The van der Waals surface area contributed by atoms with E-state index in [2.05, 4.69) is 4.90 Å². The third kappa shape index (κ3) is 2.56. The molecule has 1 spiro atoms. The lowest BCUT2D eigenvalue weighted by atomic mass is 9.86. The van der Waals surface area contributed by atoms with Crippen LogP contribution in [0, 0.1) is 5.92 Å². The van der Waals surface area contributed by atoms with E-state index in [4.69, 9.17) is 9.47 Å². The molecule has 0 aromatic carbocycles. The Kier molecular flexibility index (Phi) is 3.10. The lowest BCUT2D eigenvalue weighted by molar-refractivity contribution is -0.206. The maximum Gasteiger partial charge on any atom is 0.170 e. The molecule has 1 heterocycles. The Hall–Kier alpha value is -0.160. The largest absolute Gasteiger partial charge is 0.391 e. The van der Waals surface area contributed by atoms with Crippen molar-refractivity contribution in [3.63, 3.8) is 0 Å². The quantitative estimate of drug-likeness (QED) is 0.838. The van der Waals surface area contributed by atoms with Crippen molar-refractivity contribution in [2.45, 2.75) is 68.9 Å². The molecule has 1 aliphatic heterocycles. The van der Waals surface area contributed by atoms with Crippen molar-refractivity contribution >= 4 is 0 Å². The first kappa shape index (κ1) is 12.6. The first-order valence-electron chi connectivity index (χ1n) is 7.97. The Balaban J connectivity index is 1.49. The molecular formula is C15H25NO3. The van der Waals surface area contributed by atoms with Gasteiger partial charge in [-0.1, -0.05) is 0 Å². The van der Waals surface area contributed by atoms with Gasteiger partial charge < -0.3 is 14.6 Å². The van der Waals surface area contributed by atoms with Crippen LogP contribution in [0.3, 0.4) is 0 Å². The Morgan fingerprint density at radius 2 is 1.79 bits per heavy atom. The second-order valence-electron chi connectivity index (χ2n) is 6.86. The van der Waals surface area contributed by atoms with Gasteiger partial charge in [0.05, 0.1) is 19.3 Å². The standard InChI is InChI=1S/C15H25NO3/c17-14-5-6-15(18-7-8-19-15)9-13(14)16(12-3-4-12)10-11-1-2-11/h11-14,17H,1-10H2. The van der Waals surface area contributed by atoms with E-state index in [0.717, 1.165) is 44.4 Å². The van der Waals surface area contributed by atoms with Gasteiger partial charge in [0.25, 0.3) is 0 Å². The SMILES string of the molecule is OC1CCC2(CC1N(CC1CC1)C1CC1)OCCO2. The topological polar surface area (TPSA) is 41.9 Å². The minimum atomic E-state index is -0.374. The van der Waals surface area contributed by atoms with Gasteiger partial charge in [-0.25, -0.2) is 0 Å². The minimum Gasteiger partial charge on any atom is -0.391 e. The second kappa shape index (κ2) is 4.69. The van der Waals surface area contributed by atoms with Crippen molar-refractivity contribution in [2.75, 3.05) is 19.8 Å². The lowest BCUT2D eigenvalue weighted by Crippen LogP contribution is -2.54. The molecule has 2 atom stereocenters. The van der Waals surface area contributed by atoms with E-state index in [9.17, 15) is 5.11 Å². The molecule has 4 rings (SSSR count). The van der Waals surface area contributed by atoms with Crippen molar-refractivity contribution in [2.24, 2.45) is 5.92 Å². The molecule has 0 amide bonds. The summed E-state index contributed by atoms with van der Waals surface area (Å²) in [5, 5.41) is 10.4. The van der Waals surface area contributed by atoms with Crippen LogP contribution in [-0.2, 0) is 9.47 Å². The summed E-state index contributed by atoms with van der Waals surface area (Å²) in [6, 6.07) is 0.969. The van der Waals surface area contributed by atoms with E-state index in [1.54, 1.807) is 0 Å². The molecule has 19 heavy (non-hydrogen) atoms. The highest BCUT2D eigenvalue weighted by molar-refractivity contribution is 4.99. The third-order valence-electron chi connectivity index (χ3n) is 5.21. The molecule has 4 fully saturated rings. The summed E-state index contributed by atoms with van der Waals surface area (Å²) in [7, 11) is 0. The Labute approximate surface area is 115 Å². The number of ether oxygens (including phenoxy) is 2. The highest BCUT2D eigenvalue weighted by atomic mass is 16.7. The zero-order chi connectivity index (χ0) is 12.9. The number of nitrogens with zero attached hydrogens (tertiary/aromatic N) is 1. The van der Waals surface area contributed by atoms with Crippen molar-refractivity contribution in [3.8, 4) is 0 Å². The zero-order valence-corrected chi connectivity index (χ0v) is 11.6. The van der Waals surface area contributed by atoms with Gasteiger partial charge in [-0.15, -0.1) is 0 Å². The van der Waals surface area contributed by atoms with Crippen molar-refractivity contribution in [1.29, 1.82) is 0 Å². The summed E-state index contributed by atoms with van der Waals surface area (Å²) in [5.74, 6) is 0.511. The van der Waals surface area contributed by atoms with Crippen LogP contribution in [0.4, 0.5) is 0 Å². The predicted octanol–water partition coefficient (Wildman–Crippen LogP) is 1.52. The highest BCUT2D eigenvalue weighted by Crippen LogP contribution is 2.43. The van der Waals surface area contributed by atoms with Crippen molar-refractivity contribution < 1.29 is 14.6 Å². The van der Waals surface area contributed by atoms with Gasteiger partial charge in [0.15, 0.2) is 5.79 Å². The van der Waals surface area contributed by atoms with E-state index in [1.807, 2.05) is 0 Å². The first-order valence-corrected chi connectivity index (χ1v) is 7.97. The van der Waals surface area contributed by atoms with Crippen molar-refractivity contribution in [1.82, 2.24) is 4.90 Å². The molecule has 0 aromatic heterocycles. The normalized spacial score (nSPS) is 38.2. The lowest BCUT2D eigenvalue weighted by Gasteiger charge is -2.44. The second-order valence-corrected chi connectivity index (χ2v) is 6.86. The van der Waals surface area contributed by atoms with Gasteiger partial charge >= 0.3 is 0 Å². The molecule has 0 radical (unpaired) electrons. The molecule has 1 saturated heterocycles. The highest BCUT2D eigenvalue weighted by Gasteiger charge is 2.49. The molecule has 4 aliphatic rings. The van der Waals surface area contributed by atoms with E-state index < -0.39 is 0 Å². The molecule has 108 valence electrons. The maximum atomic E-state index is 10.4. The van der Waals surface area contributed by atoms with Gasteiger partial charge in [-0.2, -0.15) is 0 Å². The van der Waals surface area contributed by atoms with Gasteiger partial charge in [-0.05, 0) is 38.0 Å². The van der Waals surface area contributed by atoms with Gasteiger partial charge in [0.2, 0.25) is 0 Å². The molecule has 0 bridgehead atoms. The van der Waals surface area contributed by atoms with Crippen LogP contribution < -0.4 is 0 Å². The number of hydrogen-bond donors (Lipinski definition) is 1. The average Bonchev–Trinajstić information content (AvgIpc) is 3.31. The number of aliphatic hydroxyl groups is 1. The molecule has 4 heteroatoms. The first-order chi connectivity index (χ1) is 9.26. The van der Waals surface area contributed by atoms with Gasteiger partial charge in [-0.3, -0.25) is 4.90 Å². The van der Waals surface area contributed by atoms with E-state index in [-0.39, 0.29) is 17.9 Å². The number of aliphatic hydroxyl groups excluding tert-OH is 1. The molecule has 3 aliphatic carbocycles. The predicted molar refractivity (Wildman–Crippen MR) is 70.7 cm³/mol. The molecule has 3 saturated carbocycles. The smallest absolute Gasteiger partial charge is 0.170 e. The monoisotopic (exact) mass is 267 g/mol. The third-order valence-corrected chi connectivity index (χ3v) is 5.21. The minimum absolute atomic E-state index is 0.197. The fraction of sp³-hybridized carbons (Fsp3) is 1.00. The molecule has 1 N–H and O–H groups in total. The Bertz CT molecular complexity index is 334. The summed E-state index contributed by atoms with van der Waals surface area (Å²) in [4.78, 5) is 2.59. The van der Waals surface area contributed by atoms with E-state index in [0.29, 0.717) is 0 Å². The van der Waals surface area contributed by atoms with Crippen LogP contribution in [0.5, 0.6) is 0 Å². The van der Waals surface area contributed by atoms with E-state index in [1.165, 1.54) is 32.2 Å². The Morgan fingerprint density at radius 1 is 1.05 bits per heavy atom. The van der Waals surface area contributed by atoms with Crippen LogP contribution in [0.2, 0.25) is 0 Å². The summed E-state index contributed by atoms with van der Waals surface area (Å²) in [6.45, 7) is 2.62. The summed E-state index contributed by atoms with van der Waals surface area (Å²) >= 11 is 0. The Morgan fingerprint density at radius 3 is 2.42 bits per heavy atom. The fourth-order valence-corrected chi connectivity index (χ4v) is 3.77. The number of hydrogen-bond acceptors (Lipinski definition) is 4. The number of rotatable bonds is 4. The summed E-state index contributed by atoms with van der Waals surface area (Å²) in [6.07, 6.45) is 7.71. The van der Waals surface area contributed by atoms with Crippen LogP contribution in [0.1, 0.15) is 44.9 Å². The van der Waals surface area contributed by atoms with Crippen molar-refractivity contribution in [3.05, 3.63) is 0 Å². The summed E-state index contributed by atoms with van der Waals surface area (Å²) in [5.41, 5.74) is 0. The van der Waals surface area contributed by atoms with Crippen LogP contribution in [0.15, 0.2) is 0 Å². The zero-order valence-electron chi connectivity index (χ0n) is 11.6. The molecular weight excluding hydrogens is 242 g/mol. The average molecular weight is 267 g/mol. The molecule has 0 aromatic rings. The maximum absolute atomic E-state index is 10.4. The van der Waals surface area contributed by atoms with Gasteiger partial charge in [0, 0.05) is 31.5 Å². The van der Waals surface area contributed by atoms with Gasteiger partial charge in [0.1, 0.15) is 0 Å². The van der Waals surface area contributed by atoms with Crippen LogP contribution in [0.25, 0.3) is 0 Å². The fourth-order valence-electron chi connectivity index (χ4n) is 3.77. The van der Waals surface area contributed by atoms with Crippen LogP contribution >= 0.6 is 0 Å².